The molecule has 0 spiro atoms. The Labute approximate surface area is 104 Å². The largest absolute Gasteiger partial charge is 0.396 e. The van der Waals surface area contributed by atoms with Gasteiger partial charge in [0.05, 0.1) is 0 Å². The van der Waals surface area contributed by atoms with Crippen LogP contribution in [0.3, 0.4) is 0 Å². The molecule has 2 fully saturated rings. The quantitative estimate of drug-likeness (QED) is 0.801. The van der Waals surface area contributed by atoms with Crippen LogP contribution in [0, 0.1) is 17.8 Å². The fourth-order valence-electron chi connectivity index (χ4n) is 3.25. The number of amides is 1. The zero-order valence-electron chi connectivity index (χ0n) is 10.9. The lowest BCUT2D eigenvalue weighted by Gasteiger charge is -2.35. The Balaban J connectivity index is 1.83. The van der Waals surface area contributed by atoms with Crippen LogP contribution in [-0.2, 0) is 4.79 Å². The predicted molar refractivity (Wildman–Crippen MR) is 67.5 cm³/mol. The van der Waals surface area contributed by atoms with Crippen LogP contribution in [-0.4, -0.2) is 35.6 Å². The van der Waals surface area contributed by atoms with Crippen molar-refractivity contribution in [2.24, 2.45) is 17.8 Å². The van der Waals surface area contributed by atoms with Crippen molar-refractivity contribution in [2.75, 3.05) is 19.7 Å². The van der Waals surface area contributed by atoms with Crippen LogP contribution in [0.1, 0.15) is 45.4 Å². The number of aliphatic hydroxyl groups is 1. The molecule has 0 aromatic rings. The van der Waals surface area contributed by atoms with E-state index in [4.69, 9.17) is 5.11 Å². The molecule has 3 heteroatoms. The fraction of sp³-hybridized carbons (Fsp3) is 0.929. The number of hydrogen-bond acceptors (Lipinski definition) is 2. The van der Waals surface area contributed by atoms with Gasteiger partial charge in [-0.1, -0.05) is 19.8 Å². The van der Waals surface area contributed by atoms with Gasteiger partial charge in [0.2, 0.25) is 5.91 Å². The fourth-order valence-corrected chi connectivity index (χ4v) is 3.25. The van der Waals surface area contributed by atoms with Crippen molar-refractivity contribution >= 4 is 5.91 Å². The Bertz CT molecular complexity index is 259. The molecule has 3 nitrogen and oxygen atoms in total. The summed E-state index contributed by atoms with van der Waals surface area (Å²) in [6.45, 7) is 4.25. The second-order valence-corrected chi connectivity index (χ2v) is 5.92. The number of rotatable bonds is 2. The smallest absolute Gasteiger partial charge is 0.225 e. The maximum Gasteiger partial charge on any atom is 0.225 e. The van der Waals surface area contributed by atoms with Crippen molar-refractivity contribution < 1.29 is 9.90 Å². The summed E-state index contributed by atoms with van der Waals surface area (Å²) >= 11 is 0. The highest BCUT2D eigenvalue weighted by Crippen LogP contribution is 2.30. The van der Waals surface area contributed by atoms with Crippen LogP contribution in [0.5, 0.6) is 0 Å². The number of nitrogens with zero attached hydrogens (tertiary/aromatic N) is 1. The summed E-state index contributed by atoms with van der Waals surface area (Å²) in [7, 11) is 0. The van der Waals surface area contributed by atoms with E-state index in [1.54, 1.807) is 0 Å². The first-order valence-corrected chi connectivity index (χ1v) is 7.10. The summed E-state index contributed by atoms with van der Waals surface area (Å²) < 4.78 is 0. The highest BCUT2D eigenvalue weighted by molar-refractivity contribution is 5.79. The minimum Gasteiger partial charge on any atom is -0.396 e. The number of aliphatic hydroxyl groups excluding tert-OH is 1. The Morgan fingerprint density at radius 3 is 2.53 bits per heavy atom. The number of carbonyl (C=O) groups is 1. The summed E-state index contributed by atoms with van der Waals surface area (Å²) in [5.41, 5.74) is 0. The molecule has 0 bridgehead atoms. The molecule has 1 saturated heterocycles. The van der Waals surface area contributed by atoms with Crippen molar-refractivity contribution in [3.05, 3.63) is 0 Å². The van der Waals surface area contributed by atoms with Crippen molar-refractivity contribution in [1.29, 1.82) is 0 Å². The maximum atomic E-state index is 12.4. The van der Waals surface area contributed by atoms with Gasteiger partial charge >= 0.3 is 0 Å². The van der Waals surface area contributed by atoms with Crippen molar-refractivity contribution in [2.45, 2.75) is 45.4 Å². The zero-order valence-corrected chi connectivity index (χ0v) is 10.9. The lowest BCUT2D eigenvalue weighted by molar-refractivity contribution is -0.138. The molecule has 0 aromatic carbocycles. The standard InChI is InChI=1S/C14H25NO2/c1-11-3-2-4-13(9-11)14(17)15-7-5-12(10-16)6-8-15/h11-13,16H,2-10H2,1H3. The van der Waals surface area contributed by atoms with Crippen LogP contribution in [0.2, 0.25) is 0 Å². The van der Waals surface area contributed by atoms with E-state index in [1.807, 2.05) is 4.90 Å². The van der Waals surface area contributed by atoms with Crippen LogP contribution < -0.4 is 0 Å². The van der Waals surface area contributed by atoms with Gasteiger partial charge in [0.1, 0.15) is 0 Å². The lowest BCUT2D eigenvalue weighted by Crippen LogP contribution is -2.43. The Morgan fingerprint density at radius 2 is 1.94 bits per heavy atom. The van der Waals surface area contributed by atoms with Gasteiger partial charge in [0, 0.05) is 25.6 Å². The number of carbonyl (C=O) groups excluding carboxylic acids is 1. The van der Waals surface area contributed by atoms with Crippen molar-refractivity contribution in [3.63, 3.8) is 0 Å². The minimum absolute atomic E-state index is 0.280. The van der Waals surface area contributed by atoms with Crippen LogP contribution in [0.15, 0.2) is 0 Å². The molecule has 1 saturated carbocycles. The third-order valence-electron chi connectivity index (χ3n) is 4.47. The molecule has 1 heterocycles. The van der Waals surface area contributed by atoms with Gasteiger partial charge in [-0.2, -0.15) is 0 Å². The maximum absolute atomic E-state index is 12.4. The highest BCUT2D eigenvalue weighted by atomic mass is 16.3. The monoisotopic (exact) mass is 239 g/mol. The SMILES string of the molecule is CC1CCCC(C(=O)N2CCC(CO)CC2)C1. The molecule has 98 valence electrons. The molecule has 2 atom stereocenters. The van der Waals surface area contributed by atoms with Crippen LogP contribution >= 0.6 is 0 Å². The van der Waals surface area contributed by atoms with E-state index in [9.17, 15) is 4.79 Å². The molecule has 2 unspecified atom stereocenters. The summed E-state index contributed by atoms with van der Waals surface area (Å²) in [5.74, 6) is 1.80. The third-order valence-corrected chi connectivity index (χ3v) is 4.47. The molecule has 1 aliphatic heterocycles. The highest BCUT2D eigenvalue weighted by Gasteiger charge is 2.30. The Morgan fingerprint density at radius 1 is 1.24 bits per heavy atom. The van der Waals surface area contributed by atoms with Gasteiger partial charge in [-0.3, -0.25) is 4.79 Å². The first kappa shape index (κ1) is 12.9. The summed E-state index contributed by atoms with van der Waals surface area (Å²) in [6, 6.07) is 0. The van der Waals surface area contributed by atoms with Crippen molar-refractivity contribution in [3.8, 4) is 0 Å². The van der Waals surface area contributed by atoms with E-state index in [0.29, 0.717) is 17.7 Å². The van der Waals surface area contributed by atoms with Crippen molar-refractivity contribution in [1.82, 2.24) is 4.90 Å². The normalized spacial score (nSPS) is 31.5. The third kappa shape index (κ3) is 3.21. The average Bonchev–Trinajstić information content (AvgIpc) is 2.38. The summed E-state index contributed by atoms with van der Waals surface area (Å²) in [6.07, 6.45) is 6.62. The second kappa shape index (κ2) is 5.85. The number of hydrogen-bond donors (Lipinski definition) is 1. The molecule has 1 amide bonds. The molecule has 17 heavy (non-hydrogen) atoms. The van der Waals surface area contributed by atoms with E-state index in [-0.39, 0.29) is 12.5 Å². The molecule has 2 aliphatic rings. The van der Waals surface area contributed by atoms with Crippen LogP contribution in [0.4, 0.5) is 0 Å². The Hall–Kier alpha value is -0.570. The lowest BCUT2D eigenvalue weighted by atomic mass is 9.81. The molecule has 1 aliphatic carbocycles. The van der Waals surface area contributed by atoms with E-state index in [1.165, 1.54) is 12.8 Å². The van der Waals surface area contributed by atoms with Gasteiger partial charge in [-0.05, 0) is 37.5 Å². The first-order valence-electron chi connectivity index (χ1n) is 7.10. The van der Waals surface area contributed by atoms with Gasteiger partial charge in [-0.25, -0.2) is 0 Å². The molecule has 0 aromatic heterocycles. The van der Waals surface area contributed by atoms with Gasteiger partial charge in [0.15, 0.2) is 0 Å². The molecular formula is C14H25NO2. The second-order valence-electron chi connectivity index (χ2n) is 5.92. The van der Waals surface area contributed by atoms with Gasteiger partial charge in [-0.15, -0.1) is 0 Å². The average molecular weight is 239 g/mol. The number of likely N-dealkylation sites (tertiary alicyclic amines) is 1. The van der Waals surface area contributed by atoms with E-state index < -0.39 is 0 Å². The van der Waals surface area contributed by atoms with E-state index in [0.717, 1.165) is 38.8 Å². The molecule has 2 rings (SSSR count). The van der Waals surface area contributed by atoms with E-state index >= 15 is 0 Å². The first-order chi connectivity index (χ1) is 8.20. The summed E-state index contributed by atoms with van der Waals surface area (Å²) in [4.78, 5) is 14.4. The topological polar surface area (TPSA) is 40.5 Å². The van der Waals surface area contributed by atoms with E-state index in [2.05, 4.69) is 6.92 Å². The Kier molecular flexibility index (Phi) is 4.43. The van der Waals surface area contributed by atoms with Gasteiger partial charge < -0.3 is 10.0 Å². The predicted octanol–water partition coefficient (Wildman–Crippen LogP) is 2.04. The molecule has 1 N–H and O–H groups in total. The van der Waals surface area contributed by atoms with Crippen LogP contribution in [0.25, 0.3) is 0 Å². The zero-order chi connectivity index (χ0) is 12.3. The number of piperidine rings is 1. The summed E-state index contributed by atoms with van der Waals surface area (Å²) in [5, 5.41) is 9.10. The van der Waals surface area contributed by atoms with Gasteiger partial charge in [0.25, 0.3) is 0 Å². The molecular weight excluding hydrogens is 214 g/mol. The molecule has 0 radical (unpaired) electrons. The minimum atomic E-state index is 0.280.